The molecule has 0 N–H and O–H groups in total. The molecule has 2 heterocycles. The Kier molecular flexibility index (Phi) is 10.9. The molecule has 1 aliphatic heterocycles. The summed E-state index contributed by atoms with van der Waals surface area (Å²) >= 11 is 13.7. The Morgan fingerprint density at radius 2 is 1.68 bits per heavy atom. The second-order valence-corrected chi connectivity index (χ2v) is 13.8. The van der Waals surface area contributed by atoms with Gasteiger partial charge in [0, 0.05) is 21.2 Å². The van der Waals surface area contributed by atoms with Crippen LogP contribution in [0.25, 0.3) is 11.8 Å². The van der Waals surface area contributed by atoms with Crippen molar-refractivity contribution in [2.75, 3.05) is 13.2 Å². The quantitative estimate of drug-likeness (QED) is 0.128. The van der Waals surface area contributed by atoms with Crippen molar-refractivity contribution < 1.29 is 19.0 Å². The lowest BCUT2D eigenvalue weighted by molar-refractivity contribution is -0.138. The lowest BCUT2D eigenvalue weighted by Crippen LogP contribution is -2.40. The molecule has 0 fully saturated rings. The molecule has 4 aromatic carbocycles. The van der Waals surface area contributed by atoms with Gasteiger partial charge in [-0.3, -0.25) is 9.36 Å². The fourth-order valence-corrected chi connectivity index (χ4v) is 7.23. The molecule has 256 valence electrons. The van der Waals surface area contributed by atoms with Crippen LogP contribution in [0.5, 0.6) is 11.5 Å². The zero-order valence-corrected chi connectivity index (χ0v) is 30.4. The molecule has 0 radical (unpaired) electrons. The van der Waals surface area contributed by atoms with Gasteiger partial charge in [-0.1, -0.05) is 115 Å². The van der Waals surface area contributed by atoms with E-state index in [1.165, 1.54) is 11.3 Å². The van der Waals surface area contributed by atoms with Gasteiger partial charge < -0.3 is 14.2 Å². The highest BCUT2D eigenvalue weighted by atomic mass is 35.5. The van der Waals surface area contributed by atoms with Gasteiger partial charge in [0.05, 0.1) is 35.1 Å². The molecule has 0 saturated heterocycles. The minimum Gasteiger partial charge on any atom is -0.490 e. The maximum Gasteiger partial charge on any atom is 0.338 e. The number of hydrogen-bond donors (Lipinski definition) is 0. The molecule has 0 spiro atoms. The number of hydrogen-bond acceptors (Lipinski definition) is 7. The van der Waals surface area contributed by atoms with Crippen molar-refractivity contribution >= 4 is 52.3 Å². The second kappa shape index (κ2) is 15.5. The molecule has 1 aliphatic rings. The number of fused-ring (bicyclic) bond motifs is 1. The van der Waals surface area contributed by atoms with Crippen LogP contribution in [0.1, 0.15) is 67.5 Å². The van der Waals surface area contributed by atoms with E-state index in [1.807, 2.05) is 85.8 Å². The van der Waals surface area contributed by atoms with Crippen LogP contribution in [0, 0.1) is 0 Å². The van der Waals surface area contributed by atoms with Gasteiger partial charge in [-0.05, 0) is 66.8 Å². The van der Waals surface area contributed by atoms with Crippen molar-refractivity contribution in [1.82, 2.24) is 4.57 Å². The molecule has 6 rings (SSSR count). The van der Waals surface area contributed by atoms with Crippen LogP contribution in [0.4, 0.5) is 0 Å². The second-order valence-electron chi connectivity index (χ2n) is 11.9. The molecule has 0 aliphatic carbocycles. The summed E-state index contributed by atoms with van der Waals surface area (Å²) in [5.41, 5.74) is 4.75. The van der Waals surface area contributed by atoms with Gasteiger partial charge in [0.1, 0.15) is 6.61 Å². The summed E-state index contributed by atoms with van der Waals surface area (Å²) in [6.07, 6.45) is 1.81. The van der Waals surface area contributed by atoms with Gasteiger partial charge in [0.25, 0.3) is 5.56 Å². The van der Waals surface area contributed by atoms with Crippen molar-refractivity contribution in [1.29, 1.82) is 0 Å². The highest BCUT2D eigenvalue weighted by Gasteiger charge is 2.35. The molecule has 0 unspecified atom stereocenters. The Balaban J connectivity index is 1.47. The molecule has 50 heavy (non-hydrogen) atoms. The van der Waals surface area contributed by atoms with Gasteiger partial charge in [-0.2, -0.15) is 0 Å². The lowest BCUT2D eigenvalue weighted by atomic mass is 9.91. The molecule has 0 amide bonds. The molecule has 1 aromatic heterocycles. The highest BCUT2D eigenvalue weighted by molar-refractivity contribution is 7.07. The Morgan fingerprint density at radius 1 is 0.920 bits per heavy atom. The van der Waals surface area contributed by atoms with Crippen molar-refractivity contribution in [2.24, 2.45) is 4.99 Å². The van der Waals surface area contributed by atoms with Gasteiger partial charge in [0.15, 0.2) is 16.3 Å². The first kappa shape index (κ1) is 35.2. The van der Waals surface area contributed by atoms with Gasteiger partial charge >= 0.3 is 5.97 Å². The SMILES string of the molecule is CCOC(=O)C1=C(c2ccccc2)N=c2s/c(=C\c3ccc(OCc4ccc(Cl)cc4Cl)c(OCC)c3)c(=O)n2[C@H]1c1ccc(C(C)C)cc1. The van der Waals surface area contributed by atoms with Crippen molar-refractivity contribution in [2.45, 2.75) is 46.3 Å². The zero-order chi connectivity index (χ0) is 35.4. The van der Waals surface area contributed by atoms with E-state index in [-0.39, 0.29) is 18.8 Å². The summed E-state index contributed by atoms with van der Waals surface area (Å²) in [6, 6.07) is 27.6. The first-order valence-corrected chi connectivity index (χ1v) is 18.0. The first-order chi connectivity index (χ1) is 24.2. The third-order valence-corrected chi connectivity index (χ3v) is 9.83. The summed E-state index contributed by atoms with van der Waals surface area (Å²) in [5, 5.41) is 1.06. The maximum atomic E-state index is 14.4. The van der Waals surface area contributed by atoms with Crippen molar-refractivity contribution in [3.8, 4) is 11.5 Å². The predicted octanol–water partition coefficient (Wildman–Crippen LogP) is 8.34. The topological polar surface area (TPSA) is 79.1 Å². The number of carbonyl (C=O) groups is 1. The van der Waals surface area contributed by atoms with Crippen LogP contribution in [-0.2, 0) is 16.1 Å². The number of ether oxygens (including phenoxy) is 3. The average Bonchev–Trinajstić information content (AvgIpc) is 3.42. The van der Waals surface area contributed by atoms with Gasteiger partial charge in [0.2, 0.25) is 0 Å². The Morgan fingerprint density at radius 3 is 2.36 bits per heavy atom. The molecule has 0 bridgehead atoms. The Hall–Kier alpha value is -4.63. The largest absolute Gasteiger partial charge is 0.490 e. The van der Waals surface area contributed by atoms with Crippen LogP contribution in [0.15, 0.2) is 106 Å². The van der Waals surface area contributed by atoms with E-state index in [9.17, 15) is 9.59 Å². The molecule has 10 heteroatoms. The van der Waals surface area contributed by atoms with Gasteiger partial charge in [-0.15, -0.1) is 0 Å². The lowest BCUT2D eigenvalue weighted by Gasteiger charge is -2.26. The van der Waals surface area contributed by atoms with Crippen molar-refractivity contribution in [3.63, 3.8) is 0 Å². The fraction of sp³-hybridized carbons (Fsp3) is 0.225. The minimum absolute atomic E-state index is 0.183. The van der Waals surface area contributed by atoms with Crippen LogP contribution in [0.3, 0.4) is 0 Å². The molecular formula is C40H36Cl2N2O5S. The van der Waals surface area contributed by atoms with E-state index < -0.39 is 12.0 Å². The van der Waals surface area contributed by atoms with Crippen LogP contribution in [-0.4, -0.2) is 23.8 Å². The number of thiazole rings is 1. The number of halogens is 2. The maximum absolute atomic E-state index is 14.4. The molecule has 5 aromatic rings. The third-order valence-electron chi connectivity index (χ3n) is 8.26. The molecule has 1 atom stereocenters. The summed E-state index contributed by atoms with van der Waals surface area (Å²) < 4.78 is 19.7. The number of rotatable bonds is 11. The van der Waals surface area contributed by atoms with E-state index in [1.54, 1.807) is 29.7 Å². The average molecular weight is 728 g/mol. The van der Waals surface area contributed by atoms with Crippen LogP contribution >= 0.6 is 34.5 Å². The number of aromatic nitrogens is 1. The molecule has 7 nitrogen and oxygen atoms in total. The third kappa shape index (κ3) is 7.43. The predicted molar refractivity (Wildman–Crippen MR) is 200 cm³/mol. The highest BCUT2D eigenvalue weighted by Crippen LogP contribution is 2.36. The van der Waals surface area contributed by atoms with E-state index in [0.29, 0.717) is 54.7 Å². The number of esters is 1. The molecular weight excluding hydrogens is 691 g/mol. The Bertz CT molecular complexity index is 2240. The van der Waals surface area contributed by atoms with E-state index >= 15 is 0 Å². The Labute approximate surface area is 304 Å². The van der Waals surface area contributed by atoms with Gasteiger partial charge in [-0.25, -0.2) is 9.79 Å². The van der Waals surface area contributed by atoms with Crippen LogP contribution in [0.2, 0.25) is 10.0 Å². The summed E-state index contributed by atoms with van der Waals surface area (Å²) in [7, 11) is 0. The minimum atomic E-state index is -0.752. The van der Waals surface area contributed by atoms with E-state index in [2.05, 4.69) is 13.8 Å². The smallest absolute Gasteiger partial charge is 0.338 e. The zero-order valence-electron chi connectivity index (χ0n) is 28.1. The number of carbonyl (C=O) groups excluding carboxylic acids is 1. The van der Waals surface area contributed by atoms with Crippen molar-refractivity contribution in [3.05, 3.63) is 154 Å². The van der Waals surface area contributed by atoms with E-state index in [0.717, 1.165) is 27.8 Å². The first-order valence-electron chi connectivity index (χ1n) is 16.4. The fourth-order valence-electron chi connectivity index (χ4n) is 5.77. The normalized spacial score (nSPS) is 14.4. The summed E-state index contributed by atoms with van der Waals surface area (Å²) in [6.45, 7) is 8.73. The van der Waals surface area contributed by atoms with E-state index in [4.69, 9.17) is 42.4 Å². The molecule has 0 saturated carbocycles. The monoisotopic (exact) mass is 726 g/mol. The summed E-state index contributed by atoms with van der Waals surface area (Å²) in [4.78, 5) is 33.6. The number of nitrogens with zero attached hydrogens (tertiary/aromatic N) is 2. The van der Waals surface area contributed by atoms with Crippen LogP contribution < -0.4 is 24.4 Å². The number of benzene rings is 4. The summed E-state index contributed by atoms with van der Waals surface area (Å²) in [5.74, 6) is 0.866. The standard InChI is InChI=1S/C40H36Cl2N2O5S/c1-5-47-33-20-25(12-19-32(33)49-23-29-17-18-30(41)22-31(29)42)21-34-38(45)44-37(28-15-13-26(14-16-28)24(3)4)35(39(46)48-6-2)36(43-40(44)50-34)27-10-8-7-9-11-27/h7-22,24,37H,5-6,23H2,1-4H3/b34-21-/t37-/m0/s1.